The van der Waals surface area contributed by atoms with E-state index in [4.69, 9.17) is 20.2 Å². The van der Waals surface area contributed by atoms with Crippen molar-refractivity contribution in [2.75, 3.05) is 20.3 Å². The molecule has 1 fully saturated rings. The number of hydrogen-bond acceptors (Lipinski definition) is 10. The van der Waals surface area contributed by atoms with Gasteiger partial charge in [0.25, 0.3) is 0 Å². The Labute approximate surface area is 234 Å². The fourth-order valence-electron chi connectivity index (χ4n) is 4.84. The zero-order chi connectivity index (χ0) is 28.3. The highest BCUT2D eigenvalue weighted by Crippen LogP contribution is 2.40. The highest BCUT2D eigenvalue weighted by atomic mass is 19.1. The molecule has 5 aromatic rings. The molecule has 0 spiro atoms. The summed E-state index contributed by atoms with van der Waals surface area (Å²) in [7, 11) is 1.38. The van der Waals surface area contributed by atoms with E-state index in [0.29, 0.717) is 37.9 Å². The summed E-state index contributed by atoms with van der Waals surface area (Å²) in [5, 5.41) is 19.3. The monoisotopic (exact) mass is 560 g/mol. The van der Waals surface area contributed by atoms with E-state index in [9.17, 15) is 4.79 Å². The molecular formula is C27H29FN10O3. The van der Waals surface area contributed by atoms with Crippen LogP contribution in [0.25, 0.3) is 11.3 Å². The molecule has 0 aliphatic heterocycles. The van der Waals surface area contributed by atoms with Crippen LogP contribution >= 0.6 is 0 Å². The fraction of sp³-hybridized carbons (Fsp3) is 0.370. The average Bonchev–Trinajstić information content (AvgIpc) is 3.32. The summed E-state index contributed by atoms with van der Waals surface area (Å²) in [5.74, 6) is -0.191. The Morgan fingerprint density at radius 3 is 2.83 bits per heavy atom. The molecule has 0 atom stereocenters. The number of methoxy groups -OCH3 is 1. The molecule has 0 saturated heterocycles. The van der Waals surface area contributed by atoms with Gasteiger partial charge in [0.2, 0.25) is 0 Å². The Hall–Kier alpha value is -4.56. The molecule has 0 amide bonds. The largest absolute Gasteiger partial charge is 0.494 e. The molecule has 1 aromatic carbocycles. The Bertz CT molecular complexity index is 1680. The van der Waals surface area contributed by atoms with Crippen LogP contribution in [0.15, 0.2) is 43.1 Å². The highest BCUT2D eigenvalue weighted by molar-refractivity contribution is 5.94. The maximum Gasteiger partial charge on any atom is 0.185 e. The number of ether oxygens (including phenoxy) is 2. The molecule has 0 unspecified atom stereocenters. The molecule has 212 valence electrons. The summed E-state index contributed by atoms with van der Waals surface area (Å²) < 4.78 is 30.9. The van der Waals surface area contributed by atoms with Crippen LogP contribution in [-0.2, 0) is 24.3 Å². The Morgan fingerprint density at radius 1 is 1.20 bits per heavy atom. The van der Waals surface area contributed by atoms with Gasteiger partial charge in [-0.3, -0.25) is 4.79 Å². The lowest BCUT2D eigenvalue weighted by molar-refractivity contribution is 0.0977. The number of carbonyl (C=O) groups excluding carboxylic acids is 1. The minimum atomic E-state index is -0.568. The van der Waals surface area contributed by atoms with E-state index >= 15 is 4.39 Å². The Kier molecular flexibility index (Phi) is 7.48. The number of halogens is 1. The van der Waals surface area contributed by atoms with Gasteiger partial charge in [0.1, 0.15) is 17.7 Å². The first-order chi connectivity index (χ1) is 20.0. The minimum absolute atomic E-state index is 0.00236. The molecule has 1 saturated carbocycles. The van der Waals surface area contributed by atoms with Gasteiger partial charge in [0.05, 0.1) is 44.4 Å². The van der Waals surface area contributed by atoms with Crippen LogP contribution in [0.3, 0.4) is 0 Å². The first-order valence-electron chi connectivity index (χ1n) is 13.3. The number of benzene rings is 1. The molecule has 1 aliphatic carbocycles. The molecule has 2 N–H and O–H groups in total. The van der Waals surface area contributed by atoms with Crippen LogP contribution in [0, 0.1) is 5.82 Å². The maximum atomic E-state index is 15.1. The number of rotatable bonds is 13. The second kappa shape index (κ2) is 11.5. The van der Waals surface area contributed by atoms with Crippen molar-refractivity contribution in [1.82, 2.24) is 44.6 Å². The van der Waals surface area contributed by atoms with Crippen LogP contribution in [-0.4, -0.2) is 70.6 Å². The van der Waals surface area contributed by atoms with E-state index in [1.165, 1.54) is 42.6 Å². The number of aromatic nitrogens is 9. The summed E-state index contributed by atoms with van der Waals surface area (Å²) in [6.45, 7) is 1.70. The van der Waals surface area contributed by atoms with Crippen LogP contribution < -0.4 is 10.5 Å². The van der Waals surface area contributed by atoms with Crippen molar-refractivity contribution in [3.63, 3.8) is 0 Å². The van der Waals surface area contributed by atoms with Gasteiger partial charge in [-0.1, -0.05) is 5.21 Å². The van der Waals surface area contributed by atoms with Gasteiger partial charge >= 0.3 is 0 Å². The third-order valence-corrected chi connectivity index (χ3v) is 7.02. The third-order valence-electron chi connectivity index (χ3n) is 7.02. The molecule has 14 heteroatoms. The quantitative estimate of drug-likeness (QED) is 0.168. The standard InChI is InChI=1S/C27H29FN10O3/c1-40-25-7-5-23(38-16-30-33-35-38)21(26(25)28)4-6-24(39)22-14-37(34-32-22)13-20-12-36-11-18(17-2-3-17)10-19(27(36)31-20)15-41-9-8-29/h5,7,10-12,14,16-17H,2-4,6,8-9,13,15,29H2,1H3. The summed E-state index contributed by atoms with van der Waals surface area (Å²) >= 11 is 0. The number of imidazole rings is 1. The van der Waals surface area contributed by atoms with Crippen molar-refractivity contribution < 1.29 is 18.7 Å². The van der Waals surface area contributed by atoms with Gasteiger partial charge in [-0.2, -0.15) is 0 Å². The number of nitrogens with zero attached hydrogens (tertiary/aromatic N) is 9. The van der Waals surface area contributed by atoms with E-state index in [-0.39, 0.29) is 35.6 Å². The van der Waals surface area contributed by atoms with Gasteiger partial charge in [0.15, 0.2) is 17.3 Å². The van der Waals surface area contributed by atoms with Crippen LogP contribution in [0.2, 0.25) is 0 Å². The lowest BCUT2D eigenvalue weighted by Gasteiger charge is -2.12. The normalized spacial score (nSPS) is 13.2. The first kappa shape index (κ1) is 26.7. The molecule has 41 heavy (non-hydrogen) atoms. The number of ketones is 1. The van der Waals surface area contributed by atoms with E-state index in [1.54, 1.807) is 16.9 Å². The van der Waals surface area contributed by atoms with Crippen molar-refractivity contribution >= 4 is 11.4 Å². The SMILES string of the molecule is COc1ccc(-n2cnnn2)c(CCC(=O)c2cn(Cc3cn4cc(C5CC5)cc(COCCN)c4n3)nn2)c1F. The number of tetrazole rings is 1. The topological polar surface area (TPSA) is 153 Å². The van der Waals surface area contributed by atoms with Crippen molar-refractivity contribution in [1.29, 1.82) is 0 Å². The van der Waals surface area contributed by atoms with E-state index in [0.717, 1.165) is 16.9 Å². The first-order valence-corrected chi connectivity index (χ1v) is 13.3. The minimum Gasteiger partial charge on any atom is -0.494 e. The molecule has 1 aliphatic rings. The fourth-order valence-corrected chi connectivity index (χ4v) is 4.84. The number of Topliss-reactive ketones (excluding diaryl/α,β-unsaturated/α-hetero) is 1. The number of pyridine rings is 1. The molecule has 4 heterocycles. The number of nitrogens with two attached hydrogens (primary N) is 1. The zero-order valence-corrected chi connectivity index (χ0v) is 22.5. The average molecular weight is 561 g/mol. The second-order valence-electron chi connectivity index (χ2n) is 9.94. The van der Waals surface area contributed by atoms with Gasteiger partial charge in [-0.05, 0) is 59.4 Å². The maximum absolute atomic E-state index is 15.1. The predicted molar refractivity (Wildman–Crippen MR) is 143 cm³/mol. The number of hydrogen-bond donors (Lipinski definition) is 1. The lowest BCUT2D eigenvalue weighted by atomic mass is 10.0. The van der Waals surface area contributed by atoms with Crippen LogP contribution in [0.4, 0.5) is 4.39 Å². The van der Waals surface area contributed by atoms with Crippen molar-refractivity contribution in [2.45, 2.75) is 44.8 Å². The lowest BCUT2D eigenvalue weighted by Crippen LogP contribution is -2.09. The third kappa shape index (κ3) is 5.69. The predicted octanol–water partition coefficient (Wildman–Crippen LogP) is 2.27. The van der Waals surface area contributed by atoms with Gasteiger partial charge in [0, 0.05) is 36.5 Å². The van der Waals surface area contributed by atoms with Crippen molar-refractivity contribution in [2.24, 2.45) is 5.73 Å². The molecular weight excluding hydrogens is 531 g/mol. The van der Waals surface area contributed by atoms with Crippen molar-refractivity contribution in [3.8, 4) is 11.4 Å². The van der Waals surface area contributed by atoms with Gasteiger partial charge in [-0.15, -0.1) is 10.2 Å². The molecule has 0 bridgehead atoms. The summed E-state index contributed by atoms with van der Waals surface area (Å²) in [6.07, 6.45) is 9.50. The molecule has 0 radical (unpaired) electrons. The van der Waals surface area contributed by atoms with E-state index in [2.05, 4.69) is 38.1 Å². The van der Waals surface area contributed by atoms with E-state index in [1.807, 2.05) is 10.6 Å². The summed E-state index contributed by atoms with van der Waals surface area (Å²) in [4.78, 5) is 17.8. The smallest absolute Gasteiger partial charge is 0.185 e. The zero-order valence-electron chi connectivity index (χ0n) is 22.5. The Morgan fingerprint density at radius 2 is 2.07 bits per heavy atom. The van der Waals surface area contributed by atoms with Gasteiger partial charge in [-0.25, -0.2) is 18.7 Å². The highest BCUT2D eigenvalue weighted by Gasteiger charge is 2.25. The van der Waals surface area contributed by atoms with Crippen LogP contribution in [0.5, 0.6) is 5.75 Å². The van der Waals surface area contributed by atoms with Crippen molar-refractivity contribution in [3.05, 3.63) is 77.0 Å². The van der Waals surface area contributed by atoms with E-state index < -0.39 is 5.82 Å². The van der Waals surface area contributed by atoms with Crippen LogP contribution in [0.1, 0.15) is 58.1 Å². The second-order valence-corrected chi connectivity index (χ2v) is 9.94. The number of carbonyl (C=O) groups is 1. The molecule has 13 nitrogen and oxygen atoms in total. The van der Waals surface area contributed by atoms with Gasteiger partial charge < -0.3 is 19.6 Å². The summed E-state index contributed by atoms with van der Waals surface area (Å²) in [6, 6.07) is 5.31. The summed E-state index contributed by atoms with van der Waals surface area (Å²) in [5.41, 5.74) is 10.3. The molecule has 4 aromatic heterocycles. The Balaban J connectivity index is 1.17. The molecule has 6 rings (SSSR count). The number of fused-ring (bicyclic) bond motifs is 1.